The number of para-hydroxylation sites is 1. The summed E-state index contributed by atoms with van der Waals surface area (Å²) in [4.78, 5) is 4.17. The molecular formula is C17H23N3O2S. The van der Waals surface area contributed by atoms with Crippen molar-refractivity contribution in [1.82, 2.24) is 4.98 Å². The highest BCUT2D eigenvalue weighted by Gasteiger charge is 2.09. The van der Waals surface area contributed by atoms with Crippen molar-refractivity contribution in [3.63, 3.8) is 0 Å². The monoisotopic (exact) mass is 333 g/mol. The molecule has 1 heterocycles. The van der Waals surface area contributed by atoms with Crippen molar-refractivity contribution >= 4 is 27.2 Å². The number of aryl methyl sites for hydroxylation is 2. The molecule has 23 heavy (non-hydrogen) atoms. The third-order valence-corrected chi connectivity index (χ3v) is 4.95. The predicted octanol–water partition coefficient (Wildman–Crippen LogP) is 3.71. The third kappa shape index (κ3) is 4.45. The zero-order valence-corrected chi connectivity index (χ0v) is 14.6. The molecule has 2 N–H and O–H groups in total. The fourth-order valence-corrected chi connectivity index (χ4v) is 2.89. The van der Waals surface area contributed by atoms with E-state index >= 15 is 0 Å². The Bertz CT molecular complexity index is 734. The number of rotatable bonds is 7. The van der Waals surface area contributed by atoms with E-state index in [-0.39, 0.29) is 5.75 Å². The number of pyridine rings is 1. The van der Waals surface area contributed by atoms with Crippen molar-refractivity contribution in [1.29, 1.82) is 0 Å². The van der Waals surface area contributed by atoms with Gasteiger partial charge in [-0.15, -0.1) is 0 Å². The lowest BCUT2D eigenvalue weighted by Gasteiger charge is -2.15. The molecule has 0 fully saturated rings. The van der Waals surface area contributed by atoms with Gasteiger partial charge in [-0.2, -0.15) is 0 Å². The first-order valence-electron chi connectivity index (χ1n) is 7.83. The van der Waals surface area contributed by atoms with Crippen LogP contribution in [0.3, 0.4) is 0 Å². The standard InChI is InChI=1S/C17H23N3O2S/c1-4-13-8-7-9-14(5-2)17(13)19-15-10-11-16(18-12-15)20-23(21,22)6-3/h7-12,19H,4-6H2,1-3H3,(H,18,20). The second-order valence-corrected chi connectivity index (χ2v) is 7.23. The number of nitrogens with one attached hydrogen (secondary N) is 2. The summed E-state index contributed by atoms with van der Waals surface area (Å²) in [6.07, 6.45) is 3.52. The lowest BCUT2D eigenvalue weighted by Crippen LogP contribution is -2.15. The summed E-state index contributed by atoms with van der Waals surface area (Å²) in [5.41, 5.74) is 4.45. The fraction of sp³-hybridized carbons (Fsp3) is 0.353. The van der Waals surface area contributed by atoms with Gasteiger partial charge in [0.2, 0.25) is 10.0 Å². The second-order valence-electron chi connectivity index (χ2n) is 5.22. The quantitative estimate of drug-likeness (QED) is 0.810. The molecule has 1 aromatic carbocycles. The van der Waals surface area contributed by atoms with Crippen LogP contribution in [-0.4, -0.2) is 19.2 Å². The zero-order chi connectivity index (χ0) is 16.9. The summed E-state index contributed by atoms with van der Waals surface area (Å²) in [5.74, 6) is 0.357. The number of anilines is 3. The Kier molecular flexibility index (Phi) is 5.60. The van der Waals surface area contributed by atoms with Crippen molar-refractivity contribution in [2.24, 2.45) is 0 Å². The maximum absolute atomic E-state index is 11.5. The molecule has 5 nitrogen and oxygen atoms in total. The van der Waals surface area contributed by atoms with E-state index in [0.29, 0.717) is 5.82 Å². The van der Waals surface area contributed by atoms with Crippen molar-refractivity contribution in [2.75, 3.05) is 15.8 Å². The maximum atomic E-state index is 11.5. The lowest BCUT2D eigenvalue weighted by atomic mass is 10.0. The molecule has 2 rings (SSSR count). The number of aromatic nitrogens is 1. The first-order chi connectivity index (χ1) is 11.0. The van der Waals surface area contributed by atoms with Crippen LogP contribution in [0.1, 0.15) is 31.9 Å². The van der Waals surface area contributed by atoms with Gasteiger partial charge in [-0.05, 0) is 43.0 Å². The van der Waals surface area contributed by atoms with Crippen LogP contribution in [0.15, 0.2) is 36.5 Å². The van der Waals surface area contributed by atoms with Gasteiger partial charge in [-0.3, -0.25) is 4.72 Å². The highest BCUT2D eigenvalue weighted by Crippen LogP contribution is 2.26. The van der Waals surface area contributed by atoms with E-state index in [4.69, 9.17) is 0 Å². The molecule has 6 heteroatoms. The van der Waals surface area contributed by atoms with Gasteiger partial charge in [0.05, 0.1) is 17.6 Å². The van der Waals surface area contributed by atoms with Crippen LogP contribution in [0, 0.1) is 0 Å². The van der Waals surface area contributed by atoms with Crippen LogP contribution in [0.5, 0.6) is 0 Å². The highest BCUT2D eigenvalue weighted by molar-refractivity contribution is 7.92. The topological polar surface area (TPSA) is 71.1 Å². The van der Waals surface area contributed by atoms with Gasteiger partial charge in [0.1, 0.15) is 5.82 Å². The van der Waals surface area contributed by atoms with Crippen LogP contribution in [0.4, 0.5) is 17.2 Å². The van der Waals surface area contributed by atoms with Crippen LogP contribution in [0.2, 0.25) is 0 Å². The lowest BCUT2D eigenvalue weighted by molar-refractivity contribution is 0.602. The van der Waals surface area contributed by atoms with E-state index < -0.39 is 10.0 Å². The Morgan fingerprint density at radius 2 is 1.65 bits per heavy atom. The summed E-state index contributed by atoms with van der Waals surface area (Å²) in [5, 5.41) is 3.41. The number of hydrogen-bond acceptors (Lipinski definition) is 4. The molecule has 0 amide bonds. The minimum Gasteiger partial charge on any atom is -0.354 e. The zero-order valence-electron chi connectivity index (χ0n) is 13.8. The number of benzene rings is 1. The molecule has 0 atom stereocenters. The minimum atomic E-state index is -3.30. The van der Waals surface area contributed by atoms with Gasteiger partial charge in [-0.25, -0.2) is 13.4 Å². The molecule has 1 aromatic heterocycles. The SMILES string of the molecule is CCc1cccc(CC)c1Nc1ccc(NS(=O)(=O)CC)nc1. The Balaban J connectivity index is 2.22. The molecule has 0 radical (unpaired) electrons. The van der Waals surface area contributed by atoms with Gasteiger partial charge in [0, 0.05) is 5.69 Å². The van der Waals surface area contributed by atoms with E-state index in [0.717, 1.165) is 24.2 Å². The van der Waals surface area contributed by atoms with Gasteiger partial charge in [-0.1, -0.05) is 32.0 Å². The first-order valence-corrected chi connectivity index (χ1v) is 9.48. The highest BCUT2D eigenvalue weighted by atomic mass is 32.2. The molecule has 0 unspecified atom stereocenters. The average molecular weight is 333 g/mol. The third-order valence-electron chi connectivity index (χ3n) is 3.67. The minimum absolute atomic E-state index is 0.0262. The first kappa shape index (κ1) is 17.3. The average Bonchev–Trinajstić information content (AvgIpc) is 2.56. The van der Waals surface area contributed by atoms with E-state index in [1.54, 1.807) is 19.2 Å². The van der Waals surface area contributed by atoms with E-state index in [1.807, 2.05) is 6.07 Å². The van der Waals surface area contributed by atoms with Crippen molar-refractivity contribution in [3.8, 4) is 0 Å². The largest absolute Gasteiger partial charge is 0.354 e. The van der Waals surface area contributed by atoms with Gasteiger partial charge >= 0.3 is 0 Å². The Hall–Kier alpha value is -2.08. The summed E-state index contributed by atoms with van der Waals surface area (Å²) in [6.45, 7) is 5.84. The molecule has 124 valence electrons. The molecular weight excluding hydrogens is 310 g/mol. The van der Waals surface area contributed by atoms with Crippen molar-refractivity contribution < 1.29 is 8.42 Å². The normalized spacial score (nSPS) is 11.3. The van der Waals surface area contributed by atoms with Crippen LogP contribution in [0.25, 0.3) is 0 Å². The number of hydrogen-bond donors (Lipinski definition) is 2. The summed E-state index contributed by atoms with van der Waals surface area (Å²) < 4.78 is 25.5. The second kappa shape index (κ2) is 7.46. The summed E-state index contributed by atoms with van der Waals surface area (Å²) in [7, 11) is -3.30. The molecule has 0 aliphatic rings. The van der Waals surface area contributed by atoms with Gasteiger partial charge in [0.15, 0.2) is 0 Å². The van der Waals surface area contributed by atoms with Crippen LogP contribution >= 0.6 is 0 Å². The Morgan fingerprint density at radius 1 is 1.00 bits per heavy atom. The Morgan fingerprint density at radius 3 is 2.13 bits per heavy atom. The van der Waals surface area contributed by atoms with E-state index in [2.05, 4.69) is 47.1 Å². The fourth-order valence-electron chi connectivity index (χ4n) is 2.31. The maximum Gasteiger partial charge on any atom is 0.233 e. The van der Waals surface area contributed by atoms with Crippen molar-refractivity contribution in [3.05, 3.63) is 47.7 Å². The summed E-state index contributed by atoms with van der Waals surface area (Å²) >= 11 is 0. The summed E-state index contributed by atoms with van der Waals surface area (Å²) in [6, 6.07) is 9.78. The van der Waals surface area contributed by atoms with Crippen LogP contribution in [-0.2, 0) is 22.9 Å². The molecule has 0 bridgehead atoms. The molecule has 0 aliphatic carbocycles. The van der Waals surface area contributed by atoms with Crippen LogP contribution < -0.4 is 10.0 Å². The van der Waals surface area contributed by atoms with Crippen molar-refractivity contribution in [2.45, 2.75) is 33.6 Å². The number of sulfonamides is 1. The molecule has 0 saturated carbocycles. The van der Waals surface area contributed by atoms with Gasteiger partial charge < -0.3 is 5.32 Å². The van der Waals surface area contributed by atoms with E-state index in [9.17, 15) is 8.42 Å². The molecule has 0 saturated heterocycles. The number of nitrogens with zero attached hydrogens (tertiary/aromatic N) is 1. The molecule has 2 aromatic rings. The smallest absolute Gasteiger partial charge is 0.233 e. The molecule has 0 aliphatic heterocycles. The Labute approximate surface area is 138 Å². The predicted molar refractivity (Wildman–Crippen MR) is 95.8 cm³/mol. The van der Waals surface area contributed by atoms with Gasteiger partial charge in [0.25, 0.3) is 0 Å². The molecule has 0 spiro atoms. The van der Waals surface area contributed by atoms with E-state index in [1.165, 1.54) is 11.1 Å².